The Morgan fingerprint density at radius 3 is 2.37 bits per heavy atom. The normalized spacial score (nSPS) is 21.4. The molecule has 1 aliphatic rings. The number of carbonyl (C=O) groups is 1. The standard InChI is InChI=1S/C14H29N3O2/c1-12(2)17-10-8-16(9-11-17)7-5-6-14(3,15)13(18)19-4/h12H,5-11,15H2,1-4H3. The van der Waals surface area contributed by atoms with Gasteiger partial charge in [0, 0.05) is 32.2 Å². The van der Waals surface area contributed by atoms with Gasteiger partial charge in [-0.25, -0.2) is 0 Å². The summed E-state index contributed by atoms with van der Waals surface area (Å²) in [4.78, 5) is 16.4. The Bertz CT molecular complexity index is 284. The predicted octanol–water partition coefficient (Wildman–Crippen LogP) is 0.683. The largest absolute Gasteiger partial charge is 0.468 e. The van der Waals surface area contributed by atoms with Crippen molar-refractivity contribution >= 4 is 5.97 Å². The molecular formula is C14H29N3O2. The number of piperazine rings is 1. The third-order valence-electron chi connectivity index (χ3n) is 3.96. The summed E-state index contributed by atoms with van der Waals surface area (Å²) >= 11 is 0. The number of methoxy groups -OCH3 is 1. The van der Waals surface area contributed by atoms with E-state index in [0.717, 1.165) is 39.1 Å². The number of esters is 1. The molecule has 0 aromatic rings. The van der Waals surface area contributed by atoms with Crippen LogP contribution in [0.5, 0.6) is 0 Å². The highest BCUT2D eigenvalue weighted by atomic mass is 16.5. The number of hydrogen-bond acceptors (Lipinski definition) is 5. The van der Waals surface area contributed by atoms with Crippen LogP contribution in [0, 0.1) is 0 Å². The Morgan fingerprint density at radius 2 is 1.89 bits per heavy atom. The van der Waals surface area contributed by atoms with Gasteiger partial charge in [0.25, 0.3) is 0 Å². The van der Waals surface area contributed by atoms with Gasteiger partial charge in [-0.2, -0.15) is 0 Å². The molecule has 5 nitrogen and oxygen atoms in total. The second kappa shape index (κ2) is 7.22. The van der Waals surface area contributed by atoms with Crippen LogP contribution in [0.25, 0.3) is 0 Å². The van der Waals surface area contributed by atoms with E-state index in [0.29, 0.717) is 12.5 Å². The van der Waals surface area contributed by atoms with Crippen LogP contribution in [0.4, 0.5) is 0 Å². The Morgan fingerprint density at radius 1 is 1.32 bits per heavy atom. The van der Waals surface area contributed by atoms with E-state index in [2.05, 4.69) is 23.6 Å². The number of nitrogens with two attached hydrogens (primary N) is 1. The number of rotatable bonds is 6. The van der Waals surface area contributed by atoms with Crippen molar-refractivity contribution in [3.8, 4) is 0 Å². The minimum absolute atomic E-state index is 0.322. The Hall–Kier alpha value is -0.650. The molecule has 1 unspecified atom stereocenters. The van der Waals surface area contributed by atoms with E-state index in [-0.39, 0.29) is 5.97 Å². The fourth-order valence-corrected chi connectivity index (χ4v) is 2.51. The van der Waals surface area contributed by atoms with E-state index in [1.807, 2.05) is 0 Å². The topological polar surface area (TPSA) is 58.8 Å². The molecule has 0 spiro atoms. The molecule has 0 saturated carbocycles. The van der Waals surface area contributed by atoms with Gasteiger partial charge in [0.2, 0.25) is 0 Å². The lowest BCUT2D eigenvalue weighted by atomic mass is 9.97. The highest BCUT2D eigenvalue weighted by Crippen LogP contribution is 2.13. The monoisotopic (exact) mass is 271 g/mol. The van der Waals surface area contributed by atoms with Gasteiger partial charge in [0.1, 0.15) is 5.54 Å². The first-order valence-electron chi connectivity index (χ1n) is 7.20. The maximum absolute atomic E-state index is 11.5. The number of nitrogens with zero attached hydrogens (tertiary/aromatic N) is 2. The summed E-state index contributed by atoms with van der Waals surface area (Å²) in [5.41, 5.74) is 5.09. The van der Waals surface area contributed by atoms with E-state index < -0.39 is 5.54 Å². The van der Waals surface area contributed by atoms with Crippen LogP contribution in [-0.4, -0.2) is 67.2 Å². The Labute approximate surface area is 117 Å². The van der Waals surface area contributed by atoms with Gasteiger partial charge in [-0.1, -0.05) is 0 Å². The number of ether oxygens (including phenoxy) is 1. The molecule has 1 aliphatic heterocycles. The zero-order chi connectivity index (χ0) is 14.5. The molecule has 2 N–H and O–H groups in total. The number of carbonyl (C=O) groups excluding carboxylic acids is 1. The van der Waals surface area contributed by atoms with Crippen LogP contribution in [0.2, 0.25) is 0 Å². The summed E-state index contributed by atoms with van der Waals surface area (Å²) in [5, 5.41) is 0. The van der Waals surface area contributed by atoms with Crippen LogP contribution in [0.1, 0.15) is 33.6 Å². The van der Waals surface area contributed by atoms with E-state index >= 15 is 0 Å². The molecule has 1 fully saturated rings. The fourth-order valence-electron chi connectivity index (χ4n) is 2.51. The first-order chi connectivity index (χ1) is 8.86. The van der Waals surface area contributed by atoms with Crippen molar-refractivity contribution in [2.45, 2.75) is 45.2 Å². The van der Waals surface area contributed by atoms with Gasteiger partial charge in [-0.3, -0.25) is 9.69 Å². The van der Waals surface area contributed by atoms with Crippen molar-refractivity contribution in [3.63, 3.8) is 0 Å². The van der Waals surface area contributed by atoms with Gasteiger partial charge in [-0.15, -0.1) is 0 Å². The third kappa shape index (κ3) is 5.09. The molecule has 5 heteroatoms. The molecular weight excluding hydrogens is 242 g/mol. The summed E-state index contributed by atoms with van der Waals surface area (Å²) in [6.07, 6.45) is 1.61. The summed E-state index contributed by atoms with van der Waals surface area (Å²) in [6.45, 7) is 11.7. The summed E-state index contributed by atoms with van der Waals surface area (Å²) in [6, 6.07) is 0.633. The molecule has 1 saturated heterocycles. The first kappa shape index (κ1) is 16.4. The minimum Gasteiger partial charge on any atom is -0.468 e. The van der Waals surface area contributed by atoms with E-state index in [1.54, 1.807) is 6.92 Å². The smallest absolute Gasteiger partial charge is 0.325 e. The van der Waals surface area contributed by atoms with Crippen molar-refractivity contribution in [1.29, 1.82) is 0 Å². The van der Waals surface area contributed by atoms with Gasteiger partial charge in [-0.05, 0) is 40.2 Å². The van der Waals surface area contributed by atoms with Gasteiger partial charge in [0.15, 0.2) is 0 Å². The van der Waals surface area contributed by atoms with Crippen molar-refractivity contribution in [1.82, 2.24) is 9.80 Å². The summed E-state index contributed by atoms with van der Waals surface area (Å²) in [7, 11) is 1.39. The molecule has 0 amide bonds. The summed E-state index contributed by atoms with van der Waals surface area (Å²) in [5.74, 6) is -0.322. The Balaban J connectivity index is 2.23. The molecule has 112 valence electrons. The van der Waals surface area contributed by atoms with Crippen molar-refractivity contribution in [2.75, 3.05) is 39.8 Å². The average molecular weight is 271 g/mol. The zero-order valence-corrected chi connectivity index (χ0v) is 12.8. The molecule has 1 rings (SSSR count). The lowest BCUT2D eigenvalue weighted by molar-refractivity contribution is -0.146. The van der Waals surface area contributed by atoms with Crippen molar-refractivity contribution in [2.24, 2.45) is 5.73 Å². The Kier molecular flexibility index (Phi) is 6.23. The molecule has 19 heavy (non-hydrogen) atoms. The summed E-state index contributed by atoms with van der Waals surface area (Å²) < 4.78 is 4.71. The van der Waals surface area contributed by atoms with Crippen molar-refractivity contribution < 1.29 is 9.53 Å². The van der Waals surface area contributed by atoms with E-state index in [4.69, 9.17) is 10.5 Å². The van der Waals surface area contributed by atoms with Gasteiger partial charge >= 0.3 is 5.97 Å². The van der Waals surface area contributed by atoms with Gasteiger partial charge < -0.3 is 15.4 Å². The number of hydrogen-bond donors (Lipinski definition) is 1. The van der Waals surface area contributed by atoms with Crippen molar-refractivity contribution in [3.05, 3.63) is 0 Å². The molecule has 0 bridgehead atoms. The minimum atomic E-state index is -0.853. The predicted molar refractivity (Wildman–Crippen MR) is 77.0 cm³/mol. The van der Waals surface area contributed by atoms with Crippen LogP contribution < -0.4 is 5.73 Å². The maximum Gasteiger partial charge on any atom is 0.325 e. The van der Waals surface area contributed by atoms with Crippen LogP contribution in [-0.2, 0) is 9.53 Å². The third-order valence-corrected chi connectivity index (χ3v) is 3.96. The highest BCUT2D eigenvalue weighted by molar-refractivity contribution is 5.79. The molecule has 1 heterocycles. The maximum atomic E-state index is 11.5. The second-order valence-electron chi connectivity index (χ2n) is 5.98. The SMILES string of the molecule is COC(=O)C(C)(N)CCCN1CCN(C(C)C)CC1. The second-order valence-corrected chi connectivity index (χ2v) is 5.98. The first-order valence-corrected chi connectivity index (χ1v) is 7.20. The van der Waals surface area contributed by atoms with E-state index in [9.17, 15) is 4.79 Å². The van der Waals surface area contributed by atoms with Crippen LogP contribution >= 0.6 is 0 Å². The lowest BCUT2D eigenvalue weighted by Gasteiger charge is -2.37. The molecule has 1 atom stereocenters. The zero-order valence-electron chi connectivity index (χ0n) is 12.8. The van der Waals surface area contributed by atoms with Gasteiger partial charge in [0.05, 0.1) is 7.11 Å². The molecule has 0 aliphatic carbocycles. The highest BCUT2D eigenvalue weighted by Gasteiger charge is 2.29. The lowest BCUT2D eigenvalue weighted by Crippen LogP contribution is -2.50. The van der Waals surface area contributed by atoms with Crippen LogP contribution in [0.3, 0.4) is 0 Å². The quantitative estimate of drug-likeness (QED) is 0.720. The average Bonchev–Trinajstić information content (AvgIpc) is 2.38. The molecule has 0 aromatic heterocycles. The van der Waals surface area contributed by atoms with E-state index in [1.165, 1.54) is 7.11 Å². The molecule has 0 aromatic carbocycles. The molecule has 0 radical (unpaired) electrons. The van der Waals surface area contributed by atoms with Crippen LogP contribution in [0.15, 0.2) is 0 Å². The fraction of sp³-hybridized carbons (Fsp3) is 0.929.